The predicted octanol–water partition coefficient (Wildman–Crippen LogP) is -3.12. The fourth-order valence-corrected chi connectivity index (χ4v) is 0. The van der Waals surface area contributed by atoms with E-state index in [1.807, 2.05) is 0 Å². The molecule has 0 saturated heterocycles. The van der Waals surface area contributed by atoms with E-state index in [-0.39, 0.29) is 85.5 Å². The largest absolute Gasteiger partial charge is 4.00 e. The van der Waals surface area contributed by atoms with Crippen LogP contribution >= 0.6 is 0 Å². The van der Waals surface area contributed by atoms with Gasteiger partial charge in [-0.2, -0.15) is 0 Å². The van der Waals surface area contributed by atoms with E-state index in [9.17, 15) is 0 Å². The fourth-order valence-electron chi connectivity index (χ4n) is 0. The van der Waals surface area contributed by atoms with Gasteiger partial charge in [0.1, 0.15) is 0 Å². The Labute approximate surface area is 83.7 Å². The molecule has 0 amide bonds. The Morgan fingerprint density at radius 3 is 1.00 bits per heavy atom. The van der Waals surface area contributed by atoms with E-state index in [1.54, 1.807) is 0 Å². The van der Waals surface area contributed by atoms with Crippen molar-refractivity contribution in [1.29, 1.82) is 0 Å². The average molecular weight is 120 g/mol. The van der Waals surface area contributed by atoms with E-state index in [2.05, 4.69) is 0 Å². The first-order valence-corrected chi connectivity index (χ1v) is 0. The van der Waals surface area contributed by atoms with E-state index in [1.165, 1.54) is 0 Å². The first kappa shape index (κ1) is 33.8. The van der Waals surface area contributed by atoms with E-state index >= 15 is 0 Å². The van der Waals surface area contributed by atoms with E-state index in [0.717, 1.165) is 0 Å². The third-order valence-electron chi connectivity index (χ3n) is 0. The first-order valence-electron chi connectivity index (χ1n) is 0. The Bertz CT molecular complexity index is 9.61. The normalized spacial score (nSPS) is 0. The van der Waals surface area contributed by atoms with Gasteiger partial charge in [-0.3, -0.25) is 0 Å². The molecule has 4 heavy (non-hydrogen) atoms. The molecule has 0 atom stereocenters. The van der Waals surface area contributed by atoms with Crippen LogP contribution in [0.2, 0.25) is 0 Å². The van der Waals surface area contributed by atoms with Gasteiger partial charge in [0.05, 0.1) is 0 Å². The second kappa shape index (κ2) is 18.6. The molecular formula is HKO2Ti. The third kappa shape index (κ3) is 8.86. The minimum atomic E-state index is 0. The Morgan fingerprint density at radius 2 is 1.00 bits per heavy atom. The van der Waals surface area contributed by atoms with Gasteiger partial charge in [0, 0.05) is 0 Å². The van der Waals surface area contributed by atoms with Gasteiger partial charge in [-0.15, -0.1) is 0 Å². The molecule has 0 N–H and O–H groups in total. The Balaban J connectivity index is 0. The summed E-state index contributed by atoms with van der Waals surface area (Å²) in [5.74, 6) is 0. The molecule has 0 aromatic heterocycles. The molecule has 18 valence electrons. The smallest absolute Gasteiger partial charge is 2.00 e. The monoisotopic (exact) mass is 120 g/mol. The molecule has 2 nitrogen and oxygen atoms in total. The Kier molecular flexibility index (Phi) is 157. The van der Waals surface area contributed by atoms with Crippen molar-refractivity contribution in [3.8, 4) is 0 Å². The van der Waals surface area contributed by atoms with Gasteiger partial charge in [-0.1, -0.05) is 0 Å². The van der Waals surface area contributed by atoms with Crippen LogP contribution in [0.4, 0.5) is 0 Å². The van der Waals surface area contributed by atoms with Crippen molar-refractivity contribution in [2.24, 2.45) is 0 Å². The molecule has 0 aliphatic heterocycles. The van der Waals surface area contributed by atoms with Crippen LogP contribution in [0, 0.1) is 0 Å². The predicted molar refractivity (Wildman–Crippen MR) is 2.49 cm³/mol. The summed E-state index contributed by atoms with van der Waals surface area (Å²) in [6.45, 7) is 0. The summed E-state index contributed by atoms with van der Waals surface area (Å²) >= 11 is 0. The van der Waals surface area contributed by atoms with Gasteiger partial charge in [-0.05, 0) is 0 Å². The molecule has 0 heterocycles. The van der Waals surface area contributed by atoms with Crippen molar-refractivity contribution >= 4 is 0 Å². The molecule has 0 aromatic rings. The zero-order chi connectivity index (χ0) is 0. The van der Waals surface area contributed by atoms with Crippen molar-refractivity contribution in [3.05, 3.63) is 0 Å². The van der Waals surface area contributed by atoms with Crippen LogP contribution in [-0.4, -0.2) is 0 Å². The summed E-state index contributed by atoms with van der Waals surface area (Å²) in [5, 5.41) is 0. The molecule has 0 radical (unpaired) electrons. The van der Waals surface area contributed by atoms with Crippen molar-refractivity contribution in [3.63, 3.8) is 0 Å². The van der Waals surface area contributed by atoms with Crippen molar-refractivity contribution < 1.29 is 85.5 Å². The quantitative estimate of drug-likeness (QED) is 0.303. The summed E-state index contributed by atoms with van der Waals surface area (Å²) in [7, 11) is 0. The maximum atomic E-state index is 0. The summed E-state index contributed by atoms with van der Waals surface area (Å²) in [4.78, 5) is 0. The standard InChI is InChI=1S/K.2O.Ti.H/q+1;2*-2;+4;-1. The maximum absolute atomic E-state index is 0. The molecule has 0 spiro atoms. The van der Waals surface area contributed by atoms with Gasteiger partial charge >= 0.3 is 73.1 Å². The SMILES string of the molecule is [H-].[K+].[O-2].[O-2].[Ti+4]. The number of hydrogen-bond acceptors (Lipinski definition) is 0. The molecule has 0 aromatic carbocycles. The minimum Gasteiger partial charge on any atom is -2.00 e. The van der Waals surface area contributed by atoms with Crippen LogP contribution in [0.15, 0.2) is 0 Å². The van der Waals surface area contributed by atoms with Crippen LogP contribution in [0.1, 0.15) is 1.43 Å². The van der Waals surface area contributed by atoms with Crippen LogP contribution in [-0.2, 0) is 32.7 Å². The van der Waals surface area contributed by atoms with E-state index < -0.39 is 0 Å². The van der Waals surface area contributed by atoms with Gasteiger partial charge in [0.2, 0.25) is 0 Å². The molecule has 0 rings (SSSR count). The van der Waals surface area contributed by atoms with Crippen LogP contribution in [0.3, 0.4) is 0 Å². The van der Waals surface area contributed by atoms with Gasteiger partial charge < -0.3 is 12.4 Å². The van der Waals surface area contributed by atoms with Crippen LogP contribution in [0.25, 0.3) is 0 Å². The Hall–Kier alpha value is 2.27. The first-order chi connectivity index (χ1) is 0. The van der Waals surface area contributed by atoms with E-state index in [0.29, 0.717) is 0 Å². The van der Waals surface area contributed by atoms with Gasteiger partial charge in [0.25, 0.3) is 0 Å². The summed E-state index contributed by atoms with van der Waals surface area (Å²) in [6, 6.07) is 0. The Morgan fingerprint density at radius 1 is 1.00 bits per heavy atom. The number of rotatable bonds is 0. The third-order valence-corrected chi connectivity index (χ3v) is 0. The summed E-state index contributed by atoms with van der Waals surface area (Å²) < 4.78 is 0. The molecule has 0 unspecified atom stereocenters. The molecule has 0 fully saturated rings. The molecule has 0 aliphatic carbocycles. The molecule has 4 heteroatoms. The molecule has 0 saturated carbocycles. The van der Waals surface area contributed by atoms with E-state index in [4.69, 9.17) is 0 Å². The number of hydrogen-bond donors (Lipinski definition) is 0. The topological polar surface area (TPSA) is 57.0 Å². The van der Waals surface area contributed by atoms with Gasteiger partial charge in [0.15, 0.2) is 0 Å². The summed E-state index contributed by atoms with van der Waals surface area (Å²) in [5.41, 5.74) is 0. The van der Waals surface area contributed by atoms with Crippen molar-refractivity contribution in [1.82, 2.24) is 0 Å². The molecule has 0 bridgehead atoms. The fraction of sp³-hybridized carbons (Fsp3) is 0. The zero-order valence-electron chi connectivity index (χ0n) is 3.32. The average Bonchev–Trinajstić information content (AvgIpc) is 0. The second-order valence-electron chi connectivity index (χ2n) is 0. The van der Waals surface area contributed by atoms with Crippen molar-refractivity contribution in [2.75, 3.05) is 0 Å². The molecular weight excluding hydrogens is 119 g/mol. The van der Waals surface area contributed by atoms with Crippen LogP contribution in [0.5, 0.6) is 0 Å². The maximum Gasteiger partial charge on any atom is 4.00 e. The zero-order valence-corrected chi connectivity index (χ0v) is 7.00. The van der Waals surface area contributed by atoms with Crippen molar-refractivity contribution in [2.45, 2.75) is 0 Å². The second-order valence-corrected chi connectivity index (χ2v) is 0. The van der Waals surface area contributed by atoms with Crippen LogP contribution < -0.4 is 51.4 Å². The summed E-state index contributed by atoms with van der Waals surface area (Å²) in [6.07, 6.45) is 0. The minimum absolute atomic E-state index is 0. The molecule has 0 aliphatic rings. The van der Waals surface area contributed by atoms with Gasteiger partial charge in [-0.25, -0.2) is 0 Å².